The molecule has 1 heterocycles. The van der Waals surface area contributed by atoms with E-state index < -0.39 is 10.9 Å². The molecule has 1 aliphatic rings. The number of hydrogen-bond acceptors (Lipinski definition) is 5. The standard InChI is InChI=1S/C14H19N3O4/c1-15-7-3-4-11(9-15)16(2)10-5-6-12(14(18)19)13(8-10)17(20)21/h5-6,8,11H,3-4,7,9H2,1-2H3,(H,18,19). The van der Waals surface area contributed by atoms with Crippen LogP contribution in [0.15, 0.2) is 18.2 Å². The van der Waals surface area contributed by atoms with E-state index in [0.29, 0.717) is 5.69 Å². The number of carboxylic acid groups (broad SMARTS) is 1. The zero-order valence-corrected chi connectivity index (χ0v) is 12.2. The third kappa shape index (κ3) is 3.30. The minimum absolute atomic E-state index is 0.277. The van der Waals surface area contributed by atoms with Gasteiger partial charge in [0.1, 0.15) is 5.56 Å². The molecule has 7 nitrogen and oxygen atoms in total. The van der Waals surface area contributed by atoms with E-state index in [-0.39, 0.29) is 17.3 Å². The average molecular weight is 293 g/mol. The predicted octanol–water partition coefficient (Wildman–Crippen LogP) is 1.82. The molecule has 0 spiro atoms. The second-order valence-electron chi connectivity index (χ2n) is 5.43. The molecule has 1 saturated heterocycles. The molecular weight excluding hydrogens is 274 g/mol. The molecule has 0 amide bonds. The molecule has 0 radical (unpaired) electrons. The van der Waals surface area contributed by atoms with Crippen molar-refractivity contribution in [2.24, 2.45) is 0 Å². The second kappa shape index (κ2) is 6.09. The van der Waals surface area contributed by atoms with E-state index in [1.165, 1.54) is 12.1 Å². The van der Waals surface area contributed by atoms with Crippen molar-refractivity contribution in [1.82, 2.24) is 4.90 Å². The molecule has 114 valence electrons. The highest BCUT2D eigenvalue weighted by Gasteiger charge is 2.25. The van der Waals surface area contributed by atoms with Crippen molar-refractivity contribution in [2.45, 2.75) is 18.9 Å². The van der Waals surface area contributed by atoms with Gasteiger partial charge in [-0.05, 0) is 38.6 Å². The number of nitro groups is 1. The minimum atomic E-state index is -1.28. The lowest BCUT2D eigenvalue weighted by atomic mass is 10.0. The second-order valence-corrected chi connectivity index (χ2v) is 5.43. The maximum atomic E-state index is 11.0. The highest BCUT2D eigenvalue weighted by molar-refractivity contribution is 5.93. The number of carboxylic acids is 1. The van der Waals surface area contributed by atoms with Gasteiger partial charge in [-0.2, -0.15) is 0 Å². The highest BCUT2D eigenvalue weighted by atomic mass is 16.6. The Morgan fingerprint density at radius 3 is 2.81 bits per heavy atom. The molecule has 1 aromatic rings. The summed E-state index contributed by atoms with van der Waals surface area (Å²) in [6, 6.07) is 4.56. The number of hydrogen-bond donors (Lipinski definition) is 1. The number of likely N-dealkylation sites (N-methyl/N-ethyl adjacent to an activating group) is 2. The minimum Gasteiger partial charge on any atom is -0.477 e. The molecule has 1 aromatic carbocycles. The Morgan fingerprint density at radius 1 is 1.52 bits per heavy atom. The fourth-order valence-electron chi connectivity index (χ4n) is 2.74. The van der Waals surface area contributed by atoms with Crippen LogP contribution < -0.4 is 4.90 Å². The molecule has 1 N–H and O–H groups in total. The van der Waals surface area contributed by atoms with Gasteiger partial charge in [0, 0.05) is 31.4 Å². The number of nitrogens with zero attached hydrogens (tertiary/aromatic N) is 3. The fraction of sp³-hybridized carbons (Fsp3) is 0.500. The van der Waals surface area contributed by atoms with E-state index in [4.69, 9.17) is 5.11 Å². The van der Waals surface area contributed by atoms with Crippen LogP contribution in [0.5, 0.6) is 0 Å². The monoisotopic (exact) mass is 293 g/mol. The molecule has 0 saturated carbocycles. The van der Waals surface area contributed by atoms with Crippen molar-refractivity contribution in [3.05, 3.63) is 33.9 Å². The van der Waals surface area contributed by atoms with Gasteiger partial charge in [0.05, 0.1) is 4.92 Å². The average Bonchev–Trinajstić information content (AvgIpc) is 2.45. The summed E-state index contributed by atoms with van der Waals surface area (Å²) in [7, 11) is 3.94. The van der Waals surface area contributed by atoms with E-state index in [1.807, 2.05) is 11.9 Å². The first-order valence-electron chi connectivity index (χ1n) is 6.83. The van der Waals surface area contributed by atoms with Crippen molar-refractivity contribution in [2.75, 3.05) is 32.1 Å². The van der Waals surface area contributed by atoms with Crippen molar-refractivity contribution >= 4 is 17.3 Å². The van der Waals surface area contributed by atoms with Crippen LogP contribution in [-0.2, 0) is 0 Å². The first-order chi connectivity index (χ1) is 9.90. The van der Waals surface area contributed by atoms with Crippen molar-refractivity contribution in [3.8, 4) is 0 Å². The van der Waals surface area contributed by atoms with Crippen LogP contribution in [0.2, 0.25) is 0 Å². The Bertz CT molecular complexity index is 561. The maximum absolute atomic E-state index is 11.0. The number of nitro benzene ring substituents is 1. The van der Waals surface area contributed by atoms with Crippen molar-refractivity contribution < 1.29 is 14.8 Å². The number of likely N-dealkylation sites (tertiary alicyclic amines) is 1. The van der Waals surface area contributed by atoms with Crippen LogP contribution >= 0.6 is 0 Å². The summed E-state index contributed by atoms with van der Waals surface area (Å²) in [5.41, 5.74) is 0.0286. The van der Waals surface area contributed by atoms with Crippen LogP contribution in [0.1, 0.15) is 23.2 Å². The Balaban J connectivity index is 2.29. The summed E-state index contributed by atoms with van der Waals surface area (Å²) >= 11 is 0. The van der Waals surface area contributed by atoms with E-state index >= 15 is 0 Å². The van der Waals surface area contributed by atoms with Gasteiger partial charge < -0.3 is 14.9 Å². The molecule has 1 atom stereocenters. The molecule has 1 unspecified atom stereocenters. The summed E-state index contributed by atoms with van der Waals surface area (Å²) < 4.78 is 0. The van der Waals surface area contributed by atoms with Crippen LogP contribution in [0.4, 0.5) is 11.4 Å². The summed E-state index contributed by atoms with van der Waals surface area (Å²) in [5.74, 6) is -1.28. The molecule has 7 heteroatoms. The quantitative estimate of drug-likeness (QED) is 0.673. The van der Waals surface area contributed by atoms with Gasteiger partial charge in [-0.15, -0.1) is 0 Å². The Labute approximate surface area is 122 Å². The van der Waals surface area contributed by atoms with Crippen LogP contribution in [0, 0.1) is 10.1 Å². The maximum Gasteiger partial charge on any atom is 0.342 e. The summed E-state index contributed by atoms with van der Waals surface area (Å²) in [5, 5.41) is 20.0. The van der Waals surface area contributed by atoms with Gasteiger partial charge in [0.15, 0.2) is 0 Å². The number of carbonyl (C=O) groups is 1. The number of rotatable bonds is 4. The van der Waals surface area contributed by atoms with Crippen LogP contribution in [0.25, 0.3) is 0 Å². The summed E-state index contributed by atoms with van der Waals surface area (Å²) in [6.07, 6.45) is 2.11. The Kier molecular flexibility index (Phi) is 4.42. The number of aromatic carboxylic acids is 1. The zero-order chi connectivity index (χ0) is 15.6. The zero-order valence-electron chi connectivity index (χ0n) is 12.2. The van der Waals surface area contributed by atoms with Gasteiger partial charge in [0.2, 0.25) is 0 Å². The number of piperidine rings is 1. The third-order valence-electron chi connectivity index (χ3n) is 3.96. The lowest BCUT2D eigenvalue weighted by Gasteiger charge is -2.37. The molecule has 21 heavy (non-hydrogen) atoms. The molecule has 1 aliphatic heterocycles. The normalized spacial score (nSPS) is 19.2. The first kappa shape index (κ1) is 15.2. The smallest absolute Gasteiger partial charge is 0.342 e. The van der Waals surface area contributed by atoms with Crippen LogP contribution in [0.3, 0.4) is 0 Å². The van der Waals surface area contributed by atoms with E-state index in [2.05, 4.69) is 11.9 Å². The van der Waals surface area contributed by atoms with Crippen LogP contribution in [-0.4, -0.2) is 54.1 Å². The van der Waals surface area contributed by atoms with E-state index in [0.717, 1.165) is 25.9 Å². The predicted molar refractivity (Wildman–Crippen MR) is 79.0 cm³/mol. The van der Waals surface area contributed by atoms with E-state index in [9.17, 15) is 14.9 Å². The summed E-state index contributed by atoms with van der Waals surface area (Å²) in [4.78, 5) is 25.6. The molecule has 0 aromatic heterocycles. The fourth-order valence-corrected chi connectivity index (χ4v) is 2.74. The van der Waals surface area contributed by atoms with Gasteiger partial charge in [-0.3, -0.25) is 10.1 Å². The van der Waals surface area contributed by atoms with Crippen molar-refractivity contribution in [1.29, 1.82) is 0 Å². The van der Waals surface area contributed by atoms with Gasteiger partial charge in [-0.25, -0.2) is 4.79 Å². The summed E-state index contributed by atoms with van der Waals surface area (Å²) in [6.45, 7) is 1.95. The number of anilines is 1. The van der Waals surface area contributed by atoms with Gasteiger partial charge in [0.25, 0.3) is 5.69 Å². The number of benzene rings is 1. The van der Waals surface area contributed by atoms with Gasteiger partial charge in [-0.1, -0.05) is 0 Å². The molecule has 2 rings (SSSR count). The van der Waals surface area contributed by atoms with E-state index in [1.54, 1.807) is 6.07 Å². The van der Waals surface area contributed by atoms with Crippen molar-refractivity contribution in [3.63, 3.8) is 0 Å². The first-order valence-corrected chi connectivity index (χ1v) is 6.83. The lowest BCUT2D eigenvalue weighted by Crippen LogP contribution is -2.45. The van der Waals surface area contributed by atoms with Gasteiger partial charge >= 0.3 is 5.97 Å². The molecular formula is C14H19N3O4. The Hall–Kier alpha value is -2.15. The highest BCUT2D eigenvalue weighted by Crippen LogP contribution is 2.28. The topological polar surface area (TPSA) is 86.9 Å². The molecule has 0 bridgehead atoms. The molecule has 1 fully saturated rings. The Morgan fingerprint density at radius 2 is 2.24 bits per heavy atom. The molecule has 0 aliphatic carbocycles. The SMILES string of the molecule is CN1CCCC(N(C)c2ccc(C(=O)O)c([N+](=O)[O-])c2)C1. The largest absolute Gasteiger partial charge is 0.477 e. The lowest BCUT2D eigenvalue weighted by molar-refractivity contribution is -0.385. The third-order valence-corrected chi connectivity index (χ3v) is 3.96.